The molecule has 0 radical (unpaired) electrons. The van der Waals surface area contributed by atoms with Gasteiger partial charge in [-0.1, -0.05) is 19.8 Å². The van der Waals surface area contributed by atoms with Crippen molar-refractivity contribution >= 4 is 15.8 Å². The van der Waals surface area contributed by atoms with E-state index < -0.39 is 9.84 Å². The quantitative estimate of drug-likeness (QED) is 0.792. The minimum absolute atomic E-state index is 0.0291. The minimum Gasteiger partial charge on any atom is -0.462 e. The second-order valence-corrected chi connectivity index (χ2v) is 8.25. The van der Waals surface area contributed by atoms with Crippen LogP contribution in [0.15, 0.2) is 0 Å². The fourth-order valence-corrected chi connectivity index (χ4v) is 4.60. The van der Waals surface area contributed by atoms with Crippen LogP contribution in [0.2, 0.25) is 0 Å². The Morgan fingerprint density at radius 2 is 2.15 bits per heavy atom. The minimum atomic E-state index is -2.99. The van der Waals surface area contributed by atoms with E-state index in [2.05, 4.69) is 12.2 Å². The highest BCUT2D eigenvalue weighted by Crippen LogP contribution is 2.28. The molecule has 1 heterocycles. The number of rotatable bonds is 4. The summed E-state index contributed by atoms with van der Waals surface area (Å²) in [5, 5.41) is 3.08. The van der Waals surface area contributed by atoms with Crippen LogP contribution < -0.4 is 5.32 Å². The number of hydrogen-bond donors (Lipinski definition) is 1. The van der Waals surface area contributed by atoms with Gasteiger partial charge in [0.05, 0.1) is 17.9 Å². The van der Waals surface area contributed by atoms with Gasteiger partial charge in [0.1, 0.15) is 6.10 Å². The largest absolute Gasteiger partial charge is 0.462 e. The normalized spacial score (nSPS) is 33.5. The maximum Gasteiger partial charge on any atom is 0.307 e. The summed E-state index contributed by atoms with van der Waals surface area (Å²) >= 11 is 0. The van der Waals surface area contributed by atoms with Gasteiger partial charge in [-0.3, -0.25) is 4.79 Å². The molecule has 1 aliphatic heterocycles. The highest BCUT2D eigenvalue weighted by molar-refractivity contribution is 7.91. The first kappa shape index (κ1) is 15.8. The van der Waals surface area contributed by atoms with Gasteiger partial charge in [0, 0.05) is 12.6 Å². The zero-order valence-electron chi connectivity index (χ0n) is 12.1. The van der Waals surface area contributed by atoms with Crippen molar-refractivity contribution < 1.29 is 17.9 Å². The number of ether oxygens (including phenoxy) is 1. The van der Waals surface area contributed by atoms with E-state index in [4.69, 9.17) is 4.74 Å². The van der Waals surface area contributed by atoms with Gasteiger partial charge >= 0.3 is 5.97 Å². The highest BCUT2D eigenvalue weighted by atomic mass is 32.2. The third-order valence-electron chi connectivity index (χ3n) is 4.32. The first-order valence-corrected chi connectivity index (χ1v) is 9.44. The zero-order chi connectivity index (χ0) is 14.6. The molecule has 2 fully saturated rings. The summed E-state index contributed by atoms with van der Waals surface area (Å²) in [6, 6.07) is -0.285. The molecule has 5 nitrogen and oxygen atoms in total. The molecule has 1 N–H and O–H groups in total. The van der Waals surface area contributed by atoms with Gasteiger partial charge in [0.2, 0.25) is 0 Å². The molecule has 1 saturated heterocycles. The van der Waals surface area contributed by atoms with Crippen molar-refractivity contribution in [3.63, 3.8) is 0 Å². The predicted octanol–water partition coefficient (Wildman–Crippen LogP) is 1.28. The molecule has 1 aliphatic carbocycles. The molecular weight excluding hydrogens is 278 g/mol. The van der Waals surface area contributed by atoms with E-state index in [-0.39, 0.29) is 36.0 Å². The smallest absolute Gasteiger partial charge is 0.307 e. The predicted molar refractivity (Wildman–Crippen MR) is 77.2 cm³/mol. The maximum atomic E-state index is 11.9. The molecule has 1 saturated carbocycles. The van der Waals surface area contributed by atoms with Gasteiger partial charge in [0.25, 0.3) is 0 Å². The van der Waals surface area contributed by atoms with Crippen LogP contribution in [-0.4, -0.2) is 44.6 Å². The van der Waals surface area contributed by atoms with Gasteiger partial charge < -0.3 is 10.1 Å². The summed E-state index contributed by atoms with van der Waals surface area (Å²) in [5.74, 6) is 0.611. The van der Waals surface area contributed by atoms with Crippen LogP contribution >= 0.6 is 0 Å². The first-order chi connectivity index (χ1) is 9.48. The summed E-state index contributed by atoms with van der Waals surface area (Å²) in [7, 11) is -2.99. The van der Waals surface area contributed by atoms with Gasteiger partial charge in [0.15, 0.2) is 9.84 Å². The molecule has 0 spiro atoms. The zero-order valence-corrected chi connectivity index (χ0v) is 13.0. The van der Waals surface area contributed by atoms with Gasteiger partial charge in [-0.05, 0) is 25.2 Å². The molecule has 20 heavy (non-hydrogen) atoms. The molecule has 0 aromatic carbocycles. The Morgan fingerprint density at radius 1 is 1.35 bits per heavy atom. The Balaban J connectivity index is 1.77. The Morgan fingerprint density at radius 3 is 2.85 bits per heavy atom. The van der Waals surface area contributed by atoms with Gasteiger partial charge in [-0.15, -0.1) is 0 Å². The van der Waals surface area contributed by atoms with Crippen molar-refractivity contribution in [3.05, 3.63) is 0 Å². The molecular formula is C14H25NO4S. The topological polar surface area (TPSA) is 72.5 Å². The fourth-order valence-electron chi connectivity index (χ4n) is 3.15. The van der Waals surface area contributed by atoms with Crippen LogP contribution in [0.25, 0.3) is 0 Å². The maximum absolute atomic E-state index is 11.9. The van der Waals surface area contributed by atoms with E-state index in [1.807, 2.05) is 0 Å². The first-order valence-electron chi connectivity index (χ1n) is 7.62. The number of carbonyl (C=O) groups excluding carboxylic acids is 1. The number of sulfone groups is 1. The van der Waals surface area contributed by atoms with Crippen molar-refractivity contribution in [1.29, 1.82) is 0 Å². The monoisotopic (exact) mass is 303 g/mol. The van der Waals surface area contributed by atoms with E-state index in [1.54, 1.807) is 0 Å². The molecule has 0 aromatic heterocycles. The third-order valence-corrected chi connectivity index (χ3v) is 6.06. The molecule has 0 amide bonds. The lowest BCUT2D eigenvalue weighted by molar-refractivity contribution is -0.151. The molecule has 2 rings (SSSR count). The Hall–Kier alpha value is -0.620. The molecule has 2 aliphatic rings. The van der Waals surface area contributed by atoms with E-state index >= 15 is 0 Å². The van der Waals surface area contributed by atoms with Crippen LogP contribution in [0.4, 0.5) is 0 Å². The summed E-state index contributed by atoms with van der Waals surface area (Å²) in [6.45, 7) is 2.60. The number of hydrogen-bond acceptors (Lipinski definition) is 5. The van der Waals surface area contributed by atoms with Crippen molar-refractivity contribution in [3.8, 4) is 0 Å². The van der Waals surface area contributed by atoms with Crippen molar-refractivity contribution in [2.24, 2.45) is 5.92 Å². The summed E-state index contributed by atoms with van der Waals surface area (Å²) in [4.78, 5) is 11.9. The third kappa shape index (κ3) is 4.74. The number of esters is 1. The van der Waals surface area contributed by atoms with E-state index in [0.717, 1.165) is 25.7 Å². The summed E-state index contributed by atoms with van der Waals surface area (Å²) < 4.78 is 28.6. The van der Waals surface area contributed by atoms with Crippen LogP contribution in [0.3, 0.4) is 0 Å². The number of nitrogens with one attached hydrogen (secondary N) is 1. The van der Waals surface area contributed by atoms with E-state index in [1.165, 1.54) is 6.42 Å². The van der Waals surface area contributed by atoms with Gasteiger partial charge in [-0.25, -0.2) is 8.42 Å². The van der Waals surface area contributed by atoms with Crippen LogP contribution in [0.5, 0.6) is 0 Å². The molecule has 6 heteroatoms. The van der Waals surface area contributed by atoms with Crippen LogP contribution in [-0.2, 0) is 19.4 Å². The van der Waals surface area contributed by atoms with E-state index in [0.29, 0.717) is 12.5 Å². The molecule has 3 unspecified atom stereocenters. The van der Waals surface area contributed by atoms with Gasteiger partial charge in [-0.2, -0.15) is 0 Å². The summed E-state index contributed by atoms with van der Waals surface area (Å²) in [6.07, 6.45) is 5.57. The lowest BCUT2D eigenvalue weighted by Crippen LogP contribution is -2.46. The van der Waals surface area contributed by atoms with Crippen LogP contribution in [0.1, 0.15) is 45.4 Å². The van der Waals surface area contributed by atoms with Crippen molar-refractivity contribution in [2.75, 3.05) is 18.1 Å². The highest BCUT2D eigenvalue weighted by Gasteiger charge is 2.28. The lowest BCUT2D eigenvalue weighted by atomic mass is 9.85. The molecule has 0 bridgehead atoms. The summed E-state index contributed by atoms with van der Waals surface area (Å²) in [5.41, 5.74) is 0. The Kier molecular flexibility index (Phi) is 5.43. The second-order valence-electron chi connectivity index (χ2n) is 6.02. The molecule has 0 aromatic rings. The average Bonchev–Trinajstić information content (AvgIpc) is 2.37. The van der Waals surface area contributed by atoms with E-state index in [9.17, 15) is 13.2 Å². The average molecular weight is 303 g/mol. The van der Waals surface area contributed by atoms with Crippen molar-refractivity contribution in [1.82, 2.24) is 5.32 Å². The molecule has 116 valence electrons. The second kappa shape index (κ2) is 6.89. The SMILES string of the molecule is CCC1CCCC(OC(=O)CC2CS(=O)(=O)CCN2)C1. The lowest BCUT2D eigenvalue weighted by Gasteiger charge is -2.29. The Bertz CT molecular complexity index is 434. The van der Waals surface area contributed by atoms with Crippen LogP contribution in [0, 0.1) is 5.92 Å². The fraction of sp³-hybridized carbons (Fsp3) is 0.929. The number of carbonyl (C=O) groups is 1. The molecule has 3 atom stereocenters. The van der Waals surface area contributed by atoms with Crippen molar-refractivity contribution in [2.45, 2.75) is 57.6 Å². The standard InChI is InChI=1S/C14H25NO4S/c1-2-11-4-3-5-13(8-11)19-14(16)9-12-10-20(17,18)7-6-15-12/h11-13,15H,2-10H2,1H3. The Labute approximate surface area is 121 Å².